The monoisotopic (exact) mass is 289 g/mol. The van der Waals surface area contributed by atoms with Gasteiger partial charge in [0.2, 0.25) is 5.95 Å². The van der Waals surface area contributed by atoms with Crippen LogP contribution in [0.25, 0.3) is 0 Å². The van der Waals surface area contributed by atoms with Gasteiger partial charge in [0.15, 0.2) is 0 Å². The van der Waals surface area contributed by atoms with Gasteiger partial charge in [-0.3, -0.25) is 25.4 Å². The maximum absolute atomic E-state index is 11.9. The number of H-pyrrole nitrogens is 1. The molecule has 0 spiro atoms. The molecule has 8 nitrogen and oxygen atoms in total. The van der Waals surface area contributed by atoms with Crippen molar-refractivity contribution < 1.29 is 9.53 Å². The third-order valence-electron chi connectivity index (χ3n) is 2.73. The van der Waals surface area contributed by atoms with E-state index in [0.29, 0.717) is 23.4 Å². The minimum atomic E-state index is -0.392. The molecule has 0 aliphatic carbocycles. The molecular weight excluding hydrogens is 274 g/mol. The Morgan fingerprint density at radius 2 is 2.19 bits per heavy atom. The summed E-state index contributed by atoms with van der Waals surface area (Å²) in [5.74, 6) is 0.243. The van der Waals surface area contributed by atoms with E-state index in [1.165, 1.54) is 7.11 Å². The maximum atomic E-state index is 11.9. The highest BCUT2D eigenvalue weighted by molar-refractivity contribution is 5.95. The lowest BCUT2D eigenvalue weighted by Crippen LogP contribution is -2.32. The maximum Gasteiger partial charge on any atom is 0.274 e. The fraction of sp³-hybridized carbons (Fsp3) is 0.231. The van der Waals surface area contributed by atoms with Crippen LogP contribution in [0.2, 0.25) is 0 Å². The zero-order valence-electron chi connectivity index (χ0n) is 11.6. The number of hydrogen-bond acceptors (Lipinski definition) is 6. The number of methoxy groups -OCH3 is 1. The zero-order valence-corrected chi connectivity index (χ0v) is 11.6. The number of nitrogens with zero attached hydrogens (tertiary/aromatic N) is 2. The van der Waals surface area contributed by atoms with Gasteiger partial charge in [-0.2, -0.15) is 0 Å². The normalized spacial score (nSPS) is 10.0. The Balaban J connectivity index is 2.03. The Morgan fingerprint density at radius 3 is 2.86 bits per heavy atom. The Morgan fingerprint density at radius 1 is 1.38 bits per heavy atom. The molecule has 1 amide bonds. The van der Waals surface area contributed by atoms with Gasteiger partial charge < -0.3 is 4.74 Å². The molecule has 0 unspecified atom stereocenters. The molecule has 0 saturated carbocycles. The van der Waals surface area contributed by atoms with Crippen LogP contribution in [0.15, 0.2) is 29.1 Å². The van der Waals surface area contributed by atoms with E-state index < -0.39 is 5.91 Å². The van der Waals surface area contributed by atoms with E-state index in [-0.39, 0.29) is 11.5 Å². The third kappa shape index (κ3) is 3.56. The molecule has 0 bridgehead atoms. The number of carbonyl (C=O) groups excluding carboxylic acids is 1. The molecule has 1 heterocycles. The summed E-state index contributed by atoms with van der Waals surface area (Å²) in [4.78, 5) is 25.9. The van der Waals surface area contributed by atoms with Crippen LogP contribution in [0, 0.1) is 0 Å². The van der Waals surface area contributed by atoms with Crippen LogP contribution in [0.5, 0.6) is 5.75 Å². The van der Waals surface area contributed by atoms with E-state index in [1.54, 1.807) is 31.2 Å². The smallest absolute Gasteiger partial charge is 0.274 e. The quantitative estimate of drug-likeness (QED) is 0.691. The molecule has 0 aliphatic heterocycles. The molecule has 1 aromatic carbocycles. The van der Waals surface area contributed by atoms with Gasteiger partial charge in [0.25, 0.3) is 11.5 Å². The Hall–Kier alpha value is -2.90. The molecular formula is C13H15N5O3. The van der Waals surface area contributed by atoms with Gasteiger partial charge in [-0.15, -0.1) is 10.2 Å². The molecule has 2 aromatic rings. The lowest BCUT2D eigenvalue weighted by atomic mass is 10.2. The summed E-state index contributed by atoms with van der Waals surface area (Å²) in [7, 11) is 1.52. The predicted octanol–water partition coefficient (Wildman–Crippen LogP) is 0.493. The number of ether oxygens (including phenoxy) is 1. The van der Waals surface area contributed by atoms with Crippen molar-refractivity contribution in [3.05, 3.63) is 45.9 Å². The number of aromatic amines is 1. The topological polar surface area (TPSA) is 109 Å². The summed E-state index contributed by atoms with van der Waals surface area (Å²) in [6.45, 7) is 1.80. The average Bonchev–Trinajstić information content (AvgIpc) is 2.52. The summed E-state index contributed by atoms with van der Waals surface area (Å²) < 4.78 is 5.04. The van der Waals surface area contributed by atoms with Crippen LogP contribution in [0.4, 0.5) is 5.95 Å². The first-order valence-electron chi connectivity index (χ1n) is 6.30. The van der Waals surface area contributed by atoms with Crippen molar-refractivity contribution in [2.45, 2.75) is 13.3 Å². The van der Waals surface area contributed by atoms with E-state index in [2.05, 4.69) is 26.0 Å². The average molecular weight is 289 g/mol. The largest absolute Gasteiger partial charge is 0.497 e. The molecule has 0 saturated heterocycles. The highest BCUT2D eigenvalue weighted by Gasteiger charge is 2.07. The fourth-order valence-electron chi connectivity index (χ4n) is 1.60. The molecule has 0 aliphatic rings. The van der Waals surface area contributed by atoms with E-state index in [4.69, 9.17) is 4.74 Å². The molecule has 2 rings (SSSR count). The van der Waals surface area contributed by atoms with Crippen LogP contribution in [0.1, 0.15) is 23.0 Å². The highest BCUT2D eigenvalue weighted by Crippen LogP contribution is 2.12. The Labute approximate surface area is 120 Å². The lowest BCUT2D eigenvalue weighted by molar-refractivity contribution is 0.0962. The van der Waals surface area contributed by atoms with Crippen molar-refractivity contribution in [2.24, 2.45) is 0 Å². The van der Waals surface area contributed by atoms with Crippen molar-refractivity contribution in [3.63, 3.8) is 0 Å². The summed E-state index contributed by atoms with van der Waals surface area (Å²) in [6.07, 6.45) is 0.485. The van der Waals surface area contributed by atoms with Crippen LogP contribution in [-0.4, -0.2) is 28.2 Å². The summed E-state index contributed by atoms with van der Waals surface area (Å²) in [6, 6.07) is 6.65. The first-order chi connectivity index (χ1) is 10.1. The van der Waals surface area contributed by atoms with E-state index >= 15 is 0 Å². The second kappa shape index (κ2) is 6.51. The second-order valence-corrected chi connectivity index (χ2v) is 4.11. The SMILES string of the molecule is CCc1nnc(NNC(=O)c2cccc(OC)c2)[nH]c1=O. The van der Waals surface area contributed by atoms with Crippen LogP contribution < -0.4 is 21.1 Å². The molecule has 110 valence electrons. The lowest BCUT2D eigenvalue weighted by Gasteiger charge is -2.08. The van der Waals surface area contributed by atoms with Gasteiger partial charge in [0.1, 0.15) is 11.4 Å². The minimum Gasteiger partial charge on any atom is -0.497 e. The molecule has 0 radical (unpaired) electrons. The Bertz CT molecular complexity index is 698. The molecule has 21 heavy (non-hydrogen) atoms. The van der Waals surface area contributed by atoms with Crippen LogP contribution in [0.3, 0.4) is 0 Å². The van der Waals surface area contributed by atoms with E-state index in [0.717, 1.165) is 0 Å². The van der Waals surface area contributed by atoms with Crippen molar-refractivity contribution in [2.75, 3.05) is 12.5 Å². The van der Waals surface area contributed by atoms with Crippen molar-refractivity contribution in [3.8, 4) is 5.75 Å². The Kier molecular flexibility index (Phi) is 4.50. The summed E-state index contributed by atoms with van der Waals surface area (Å²) in [5, 5.41) is 7.50. The molecule has 8 heteroatoms. The van der Waals surface area contributed by atoms with Crippen LogP contribution in [-0.2, 0) is 6.42 Å². The first-order valence-corrected chi connectivity index (χ1v) is 6.30. The molecule has 3 N–H and O–H groups in total. The van der Waals surface area contributed by atoms with Gasteiger partial charge in [-0.25, -0.2) is 0 Å². The number of rotatable bonds is 5. The molecule has 0 atom stereocenters. The zero-order chi connectivity index (χ0) is 15.2. The van der Waals surface area contributed by atoms with Gasteiger partial charge in [-0.1, -0.05) is 13.0 Å². The van der Waals surface area contributed by atoms with Gasteiger partial charge in [0.05, 0.1) is 7.11 Å². The van der Waals surface area contributed by atoms with E-state index in [9.17, 15) is 9.59 Å². The number of aryl methyl sites for hydroxylation is 1. The van der Waals surface area contributed by atoms with Gasteiger partial charge in [-0.05, 0) is 24.6 Å². The number of hydrogen-bond donors (Lipinski definition) is 3. The van der Waals surface area contributed by atoms with Crippen LogP contribution >= 0.6 is 0 Å². The number of carbonyl (C=O) groups is 1. The van der Waals surface area contributed by atoms with Crippen molar-refractivity contribution in [1.82, 2.24) is 20.6 Å². The number of amides is 1. The van der Waals surface area contributed by atoms with E-state index in [1.807, 2.05) is 0 Å². The van der Waals surface area contributed by atoms with Gasteiger partial charge in [0, 0.05) is 5.56 Å². The number of anilines is 1. The third-order valence-corrected chi connectivity index (χ3v) is 2.73. The van der Waals surface area contributed by atoms with Crippen molar-refractivity contribution >= 4 is 11.9 Å². The molecule has 0 fully saturated rings. The number of hydrazine groups is 1. The van der Waals surface area contributed by atoms with Gasteiger partial charge >= 0.3 is 0 Å². The first kappa shape index (κ1) is 14.5. The van der Waals surface area contributed by atoms with Crippen molar-refractivity contribution in [1.29, 1.82) is 0 Å². The number of nitrogens with one attached hydrogen (secondary N) is 3. The summed E-state index contributed by atoms with van der Waals surface area (Å²) in [5.41, 5.74) is 5.31. The minimum absolute atomic E-state index is 0.0634. The second-order valence-electron chi connectivity index (χ2n) is 4.11. The predicted molar refractivity (Wildman–Crippen MR) is 76.1 cm³/mol. The number of benzene rings is 1. The summed E-state index contributed by atoms with van der Waals surface area (Å²) >= 11 is 0. The highest BCUT2D eigenvalue weighted by atomic mass is 16.5. The number of aromatic nitrogens is 3. The fourth-order valence-corrected chi connectivity index (χ4v) is 1.60. The molecule has 1 aromatic heterocycles. The standard InChI is InChI=1S/C13H15N5O3/c1-3-10-12(20)14-13(17-15-10)18-16-11(19)8-5-4-6-9(7-8)21-2/h4-7H,3H2,1-2H3,(H,16,19)(H2,14,17,18,20).